The molecule has 2 fully saturated rings. The number of pyridine rings is 1. The number of hydrogen-bond donors (Lipinski definition) is 1. The normalized spacial score (nSPS) is 22.1. The number of likely N-dealkylation sites (tertiary alicyclic amines) is 1. The van der Waals surface area contributed by atoms with Gasteiger partial charge in [0.2, 0.25) is 0 Å². The molecule has 3 aromatic heterocycles. The van der Waals surface area contributed by atoms with Crippen LogP contribution in [0.15, 0.2) is 60.9 Å². The van der Waals surface area contributed by atoms with Crippen LogP contribution in [0.3, 0.4) is 0 Å². The summed E-state index contributed by atoms with van der Waals surface area (Å²) in [7, 11) is 0. The quantitative estimate of drug-likeness (QED) is 0.454. The Balaban J connectivity index is 1.30. The third kappa shape index (κ3) is 4.46. The summed E-state index contributed by atoms with van der Waals surface area (Å²) >= 11 is 0. The number of anilines is 1. The predicted octanol–water partition coefficient (Wildman–Crippen LogP) is 4.28. The molecule has 1 aromatic carbocycles. The lowest BCUT2D eigenvalue weighted by Gasteiger charge is -2.34. The van der Waals surface area contributed by atoms with Gasteiger partial charge >= 0.3 is 0 Å². The van der Waals surface area contributed by atoms with Gasteiger partial charge in [0.05, 0.1) is 17.8 Å². The molecular formula is C29H32N6O2. The molecule has 0 radical (unpaired) electrons. The highest BCUT2D eigenvalue weighted by Gasteiger charge is 2.33. The molecule has 0 saturated carbocycles. The number of nitrogens with zero attached hydrogens (tertiary/aromatic N) is 6. The van der Waals surface area contributed by atoms with Gasteiger partial charge < -0.3 is 14.9 Å². The zero-order valence-corrected chi connectivity index (χ0v) is 21.3. The molecule has 2 aliphatic heterocycles. The molecule has 1 amide bonds. The number of aromatic nitrogens is 4. The van der Waals surface area contributed by atoms with Gasteiger partial charge in [-0.15, -0.1) is 0 Å². The van der Waals surface area contributed by atoms with Gasteiger partial charge in [0, 0.05) is 49.6 Å². The number of piperidine rings is 1. The van der Waals surface area contributed by atoms with Gasteiger partial charge in [-0.05, 0) is 49.4 Å². The van der Waals surface area contributed by atoms with Crippen LogP contribution in [0.5, 0.6) is 0 Å². The zero-order chi connectivity index (χ0) is 25.5. The Labute approximate surface area is 216 Å². The Kier molecular flexibility index (Phi) is 6.12. The third-order valence-electron chi connectivity index (χ3n) is 7.69. The molecule has 6 rings (SSSR count). The van der Waals surface area contributed by atoms with E-state index in [9.17, 15) is 9.90 Å². The van der Waals surface area contributed by atoms with E-state index in [0.717, 1.165) is 59.7 Å². The van der Waals surface area contributed by atoms with E-state index in [1.165, 1.54) is 0 Å². The van der Waals surface area contributed by atoms with E-state index in [0.29, 0.717) is 18.8 Å². The Hall–Kier alpha value is -3.78. The SMILES string of the molecule is Cc1cn2nc([C@@H]3CCCCN3C(=O)c3cc(-c4ccccc4)ccn3)cc2nc1N1C[C@@H](C)[C@@H](O)C1. The summed E-state index contributed by atoms with van der Waals surface area (Å²) in [5, 5.41) is 15.1. The molecule has 2 saturated heterocycles. The average Bonchev–Trinajstić information content (AvgIpc) is 3.50. The minimum atomic E-state index is -0.339. The molecule has 0 aliphatic carbocycles. The van der Waals surface area contributed by atoms with Crippen LogP contribution in [0.1, 0.15) is 54.0 Å². The van der Waals surface area contributed by atoms with Gasteiger partial charge in [-0.1, -0.05) is 37.3 Å². The van der Waals surface area contributed by atoms with Crippen molar-refractivity contribution in [3.05, 3.63) is 77.9 Å². The standard InChI is InChI=1S/C29H32N6O2/c1-19-16-33(18-26(19)36)28-20(2)17-35-27(31-28)15-23(32-35)25-10-6-7-13-34(25)29(37)24-14-22(11-12-30-24)21-8-4-3-5-9-21/h3-5,8-9,11-12,14-15,17,19,25-26,36H,6-7,10,13,16,18H2,1-2H3/t19-,25+,26+/m1/s1. The van der Waals surface area contributed by atoms with Crippen molar-refractivity contribution >= 4 is 17.4 Å². The fourth-order valence-electron chi connectivity index (χ4n) is 5.61. The van der Waals surface area contributed by atoms with Crippen LogP contribution in [0.2, 0.25) is 0 Å². The number of aliphatic hydroxyl groups excluding tert-OH is 1. The fraction of sp³-hybridized carbons (Fsp3) is 0.379. The lowest BCUT2D eigenvalue weighted by atomic mass is 9.98. The van der Waals surface area contributed by atoms with Crippen LogP contribution in [0.4, 0.5) is 5.82 Å². The number of rotatable bonds is 4. The van der Waals surface area contributed by atoms with Crippen LogP contribution in [0.25, 0.3) is 16.8 Å². The second kappa shape index (κ2) is 9.59. The number of aryl methyl sites for hydroxylation is 1. The zero-order valence-electron chi connectivity index (χ0n) is 21.3. The van der Waals surface area contributed by atoms with Crippen molar-refractivity contribution in [2.45, 2.75) is 45.3 Å². The highest BCUT2D eigenvalue weighted by Crippen LogP contribution is 2.33. The summed E-state index contributed by atoms with van der Waals surface area (Å²) in [5.74, 6) is 1.04. The fourth-order valence-corrected chi connectivity index (χ4v) is 5.61. The molecule has 0 spiro atoms. The summed E-state index contributed by atoms with van der Waals surface area (Å²) in [6.45, 7) is 6.14. The summed E-state index contributed by atoms with van der Waals surface area (Å²) in [6.07, 6.45) is 6.23. The maximum atomic E-state index is 13.7. The number of hydrogen-bond acceptors (Lipinski definition) is 6. The number of fused-ring (bicyclic) bond motifs is 1. The molecular weight excluding hydrogens is 464 g/mol. The van der Waals surface area contributed by atoms with Crippen molar-refractivity contribution in [2.24, 2.45) is 5.92 Å². The van der Waals surface area contributed by atoms with Crippen LogP contribution in [-0.2, 0) is 0 Å². The minimum Gasteiger partial charge on any atom is -0.391 e. The van der Waals surface area contributed by atoms with Crippen LogP contribution >= 0.6 is 0 Å². The summed E-state index contributed by atoms with van der Waals surface area (Å²) in [6, 6.07) is 15.8. The number of benzene rings is 1. The summed E-state index contributed by atoms with van der Waals surface area (Å²) in [5.41, 5.74) is 5.12. The second-order valence-electron chi connectivity index (χ2n) is 10.4. The summed E-state index contributed by atoms with van der Waals surface area (Å²) in [4.78, 5) is 27.1. The maximum Gasteiger partial charge on any atom is 0.273 e. The van der Waals surface area contributed by atoms with Gasteiger partial charge in [0.15, 0.2) is 5.65 Å². The first kappa shape index (κ1) is 23.6. The van der Waals surface area contributed by atoms with Gasteiger partial charge in [0.25, 0.3) is 5.91 Å². The van der Waals surface area contributed by atoms with E-state index in [4.69, 9.17) is 10.1 Å². The Morgan fingerprint density at radius 3 is 2.68 bits per heavy atom. The van der Waals surface area contributed by atoms with Crippen molar-refractivity contribution in [1.29, 1.82) is 0 Å². The molecule has 190 valence electrons. The minimum absolute atomic E-state index is 0.0654. The first-order valence-electron chi connectivity index (χ1n) is 13.1. The Bertz CT molecular complexity index is 1430. The molecule has 5 heterocycles. The van der Waals surface area contributed by atoms with E-state index < -0.39 is 0 Å². The van der Waals surface area contributed by atoms with Crippen molar-refractivity contribution < 1.29 is 9.90 Å². The number of aliphatic hydroxyl groups is 1. The molecule has 4 aromatic rings. The number of carbonyl (C=O) groups is 1. The van der Waals surface area contributed by atoms with Gasteiger partial charge in [-0.2, -0.15) is 5.10 Å². The molecule has 8 heteroatoms. The van der Waals surface area contributed by atoms with Crippen LogP contribution < -0.4 is 4.90 Å². The van der Waals surface area contributed by atoms with Gasteiger partial charge in [-0.3, -0.25) is 9.78 Å². The van der Waals surface area contributed by atoms with Gasteiger partial charge in [-0.25, -0.2) is 9.50 Å². The van der Waals surface area contributed by atoms with Crippen LogP contribution in [0, 0.1) is 12.8 Å². The lowest BCUT2D eigenvalue weighted by molar-refractivity contribution is 0.0599. The second-order valence-corrected chi connectivity index (χ2v) is 10.4. The largest absolute Gasteiger partial charge is 0.391 e. The molecule has 37 heavy (non-hydrogen) atoms. The smallest absolute Gasteiger partial charge is 0.273 e. The Morgan fingerprint density at radius 1 is 1.05 bits per heavy atom. The maximum absolute atomic E-state index is 13.7. The topological polar surface area (TPSA) is 86.9 Å². The number of carbonyl (C=O) groups excluding carboxylic acids is 1. The highest BCUT2D eigenvalue weighted by molar-refractivity contribution is 5.94. The van der Waals surface area contributed by atoms with Crippen molar-refractivity contribution in [3.8, 4) is 11.1 Å². The van der Waals surface area contributed by atoms with E-state index in [2.05, 4.69) is 16.8 Å². The van der Waals surface area contributed by atoms with E-state index in [1.54, 1.807) is 6.20 Å². The predicted molar refractivity (Wildman–Crippen MR) is 142 cm³/mol. The first-order chi connectivity index (χ1) is 18.0. The molecule has 1 N–H and O–H groups in total. The monoisotopic (exact) mass is 496 g/mol. The highest BCUT2D eigenvalue weighted by atomic mass is 16.3. The van der Waals surface area contributed by atoms with E-state index in [-0.39, 0.29) is 24.0 Å². The molecule has 8 nitrogen and oxygen atoms in total. The van der Waals surface area contributed by atoms with Crippen molar-refractivity contribution in [3.63, 3.8) is 0 Å². The van der Waals surface area contributed by atoms with Crippen molar-refractivity contribution in [1.82, 2.24) is 24.5 Å². The lowest BCUT2D eigenvalue weighted by Crippen LogP contribution is -2.39. The van der Waals surface area contributed by atoms with Crippen LogP contribution in [-0.4, -0.2) is 61.2 Å². The molecule has 0 bridgehead atoms. The Morgan fingerprint density at radius 2 is 1.89 bits per heavy atom. The molecule has 3 atom stereocenters. The molecule has 0 unspecified atom stereocenters. The summed E-state index contributed by atoms with van der Waals surface area (Å²) < 4.78 is 1.82. The number of β-amino-alcohol motifs (C(OH)–C–C–N with tert-alkyl or cyclic N) is 1. The third-order valence-corrected chi connectivity index (χ3v) is 7.69. The van der Waals surface area contributed by atoms with E-state index in [1.807, 2.05) is 71.1 Å². The van der Waals surface area contributed by atoms with E-state index >= 15 is 0 Å². The first-order valence-corrected chi connectivity index (χ1v) is 13.1. The molecule has 2 aliphatic rings. The average molecular weight is 497 g/mol. The number of amides is 1. The van der Waals surface area contributed by atoms with Gasteiger partial charge in [0.1, 0.15) is 11.5 Å². The van der Waals surface area contributed by atoms with Crippen molar-refractivity contribution in [2.75, 3.05) is 24.5 Å².